The van der Waals surface area contributed by atoms with Gasteiger partial charge in [-0.15, -0.1) is 0 Å². The van der Waals surface area contributed by atoms with Crippen molar-refractivity contribution >= 4 is 35.1 Å². The topological polar surface area (TPSA) is 92.8 Å². The van der Waals surface area contributed by atoms with Gasteiger partial charge in [-0.25, -0.2) is 9.69 Å². The number of nitrogens with one attached hydrogen (secondary N) is 1. The second kappa shape index (κ2) is 9.55. The fourth-order valence-corrected chi connectivity index (χ4v) is 6.81. The molecule has 2 atom stereocenters. The minimum atomic E-state index is -0.673. The maximum Gasteiger partial charge on any atom is 0.338 e. The number of hydrogen-bond donors (Lipinski definition) is 1. The van der Waals surface area contributed by atoms with Crippen molar-refractivity contribution in [1.82, 2.24) is 0 Å². The van der Waals surface area contributed by atoms with E-state index in [-0.39, 0.29) is 29.2 Å². The van der Waals surface area contributed by atoms with Crippen molar-refractivity contribution in [2.75, 3.05) is 16.8 Å². The molecule has 0 aromatic heterocycles. The van der Waals surface area contributed by atoms with Gasteiger partial charge in [0.2, 0.25) is 11.8 Å². The van der Waals surface area contributed by atoms with Crippen LogP contribution in [0.3, 0.4) is 0 Å². The van der Waals surface area contributed by atoms with Gasteiger partial charge in [0, 0.05) is 17.5 Å². The molecule has 1 heterocycles. The third kappa shape index (κ3) is 3.96. The molecule has 0 radical (unpaired) electrons. The maximum atomic E-state index is 13.9. The third-order valence-electron chi connectivity index (χ3n) is 8.45. The second-order valence-corrected chi connectivity index (χ2v) is 10.8. The zero-order valence-electron chi connectivity index (χ0n) is 22.2. The van der Waals surface area contributed by atoms with E-state index in [0.717, 1.165) is 27.8 Å². The second-order valence-electron chi connectivity index (χ2n) is 10.8. The largest absolute Gasteiger partial charge is 0.452 e. The number of carbonyl (C=O) groups excluding carboxylic acids is 4. The SMILES string of the molecule is Cc1cccc(NC(=O)COC(=O)c2ccc(N3C(=O)[C@H]4C5c6ccccc6C(c6ccccc65)[C@@H]4C3=O)cc2)c1. The van der Waals surface area contributed by atoms with Gasteiger partial charge in [-0.05, 0) is 71.1 Å². The smallest absolute Gasteiger partial charge is 0.338 e. The Morgan fingerprint density at radius 2 is 1.27 bits per heavy atom. The number of imide groups is 1. The van der Waals surface area contributed by atoms with E-state index in [1.54, 1.807) is 18.2 Å². The summed E-state index contributed by atoms with van der Waals surface area (Å²) in [5, 5.41) is 2.70. The number of aryl methyl sites for hydroxylation is 1. The first-order valence-electron chi connectivity index (χ1n) is 13.6. The Balaban J connectivity index is 1.09. The van der Waals surface area contributed by atoms with E-state index in [9.17, 15) is 19.2 Å². The van der Waals surface area contributed by atoms with Crippen LogP contribution in [-0.4, -0.2) is 30.3 Å². The van der Waals surface area contributed by atoms with Crippen LogP contribution >= 0.6 is 0 Å². The van der Waals surface area contributed by atoms with Crippen LogP contribution in [0.15, 0.2) is 97.1 Å². The number of anilines is 2. The molecule has 1 saturated heterocycles. The molecule has 41 heavy (non-hydrogen) atoms. The molecule has 4 aliphatic rings. The lowest BCUT2D eigenvalue weighted by Crippen LogP contribution is -2.41. The van der Waals surface area contributed by atoms with Crippen molar-refractivity contribution < 1.29 is 23.9 Å². The summed E-state index contributed by atoms with van der Waals surface area (Å²) in [6.07, 6.45) is 0. The first-order valence-corrected chi connectivity index (χ1v) is 13.6. The van der Waals surface area contributed by atoms with Crippen LogP contribution in [-0.2, 0) is 19.1 Å². The molecule has 4 aromatic carbocycles. The Morgan fingerprint density at radius 1 is 0.732 bits per heavy atom. The van der Waals surface area contributed by atoms with E-state index in [2.05, 4.69) is 29.6 Å². The maximum absolute atomic E-state index is 13.9. The van der Waals surface area contributed by atoms with Gasteiger partial charge in [-0.3, -0.25) is 14.4 Å². The Kier molecular flexibility index (Phi) is 5.82. The van der Waals surface area contributed by atoms with Crippen LogP contribution in [0.25, 0.3) is 0 Å². The van der Waals surface area contributed by atoms with Gasteiger partial charge in [-0.2, -0.15) is 0 Å². The van der Waals surface area contributed by atoms with Crippen LogP contribution in [0.2, 0.25) is 0 Å². The number of benzene rings is 4. The summed E-state index contributed by atoms with van der Waals surface area (Å²) in [5.74, 6) is -2.88. The van der Waals surface area contributed by atoms with Crippen LogP contribution in [0.4, 0.5) is 11.4 Å². The molecular formula is C34H26N2O5. The minimum absolute atomic E-state index is 0.181. The normalized spacial score (nSPS) is 21.6. The quantitative estimate of drug-likeness (QED) is 0.277. The summed E-state index contributed by atoms with van der Waals surface area (Å²) in [7, 11) is 0. The highest BCUT2D eigenvalue weighted by molar-refractivity contribution is 6.23. The number of ether oxygens (including phenoxy) is 1. The zero-order chi connectivity index (χ0) is 28.2. The molecular weight excluding hydrogens is 516 g/mol. The Hall–Kier alpha value is -5.04. The average Bonchev–Trinajstić information content (AvgIpc) is 3.26. The first-order chi connectivity index (χ1) is 19.9. The lowest BCUT2D eigenvalue weighted by atomic mass is 9.55. The highest BCUT2D eigenvalue weighted by Crippen LogP contribution is 2.61. The molecule has 8 rings (SSSR count). The molecule has 0 unspecified atom stereocenters. The highest BCUT2D eigenvalue weighted by atomic mass is 16.5. The van der Waals surface area contributed by atoms with Crippen LogP contribution < -0.4 is 10.2 Å². The predicted octanol–water partition coefficient (Wildman–Crippen LogP) is 5.19. The molecule has 1 fully saturated rings. The third-order valence-corrected chi connectivity index (χ3v) is 8.45. The molecule has 7 nitrogen and oxygen atoms in total. The number of nitrogens with zero attached hydrogens (tertiary/aromatic N) is 1. The minimum Gasteiger partial charge on any atom is -0.452 e. The fraction of sp³-hybridized carbons (Fsp3) is 0.176. The van der Waals surface area contributed by atoms with E-state index >= 15 is 0 Å². The summed E-state index contributed by atoms with van der Waals surface area (Å²) < 4.78 is 5.19. The van der Waals surface area contributed by atoms with Gasteiger partial charge in [0.05, 0.1) is 23.1 Å². The van der Waals surface area contributed by atoms with Gasteiger partial charge >= 0.3 is 5.97 Å². The van der Waals surface area contributed by atoms with Gasteiger partial charge in [0.15, 0.2) is 6.61 Å². The van der Waals surface area contributed by atoms with Crippen molar-refractivity contribution in [3.63, 3.8) is 0 Å². The lowest BCUT2D eigenvalue weighted by molar-refractivity contribution is -0.122. The molecule has 3 aliphatic carbocycles. The number of amides is 3. The molecule has 2 bridgehead atoms. The molecule has 1 aliphatic heterocycles. The predicted molar refractivity (Wildman–Crippen MR) is 153 cm³/mol. The molecule has 0 spiro atoms. The van der Waals surface area contributed by atoms with Crippen LogP contribution in [0, 0.1) is 18.8 Å². The monoisotopic (exact) mass is 542 g/mol. The standard InChI is InChI=1S/C34H26N2O5/c1-19-7-6-8-21(17-19)35-27(37)18-41-34(40)20-13-15-22(16-14-20)36-32(38)30-28-23-9-2-3-10-24(23)29(31(30)33(36)39)26-12-5-4-11-25(26)28/h2-17,28-31H,18H2,1H3,(H,35,37)/t28?,29?,30-,31-/m0/s1. The van der Waals surface area contributed by atoms with Crippen LogP contribution in [0.5, 0.6) is 0 Å². The van der Waals surface area contributed by atoms with Crippen molar-refractivity contribution in [2.24, 2.45) is 11.8 Å². The molecule has 0 saturated carbocycles. The van der Waals surface area contributed by atoms with Crippen molar-refractivity contribution in [3.05, 3.63) is 130 Å². The van der Waals surface area contributed by atoms with Gasteiger partial charge in [-0.1, -0.05) is 60.7 Å². The average molecular weight is 543 g/mol. The molecule has 1 N–H and O–H groups in total. The van der Waals surface area contributed by atoms with Crippen molar-refractivity contribution in [3.8, 4) is 0 Å². The van der Waals surface area contributed by atoms with E-state index in [0.29, 0.717) is 11.4 Å². The van der Waals surface area contributed by atoms with Gasteiger partial charge in [0.1, 0.15) is 0 Å². The summed E-state index contributed by atoms with van der Waals surface area (Å²) in [6, 6.07) is 29.7. The zero-order valence-corrected chi connectivity index (χ0v) is 22.2. The summed E-state index contributed by atoms with van der Waals surface area (Å²) >= 11 is 0. The van der Waals surface area contributed by atoms with E-state index < -0.39 is 30.3 Å². The Labute approximate surface area is 236 Å². The first kappa shape index (κ1) is 25.0. The van der Waals surface area contributed by atoms with E-state index in [4.69, 9.17) is 4.74 Å². The molecule has 4 aromatic rings. The molecule has 202 valence electrons. The summed E-state index contributed by atoms with van der Waals surface area (Å²) in [4.78, 5) is 53.9. The highest BCUT2D eigenvalue weighted by Gasteiger charge is 2.61. The van der Waals surface area contributed by atoms with Gasteiger partial charge in [0.25, 0.3) is 5.91 Å². The van der Waals surface area contributed by atoms with Crippen molar-refractivity contribution in [2.45, 2.75) is 18.8 Å². The Bertz CT molecular complexity index is 1630. The number of hydrogen-bond acceptors (Lipinski definition) is 5. The Morgan fingerprint density at radius 3 is 1.78 bits per heavy atom. The fourth-order valence-electron chi connectivity index (χ4n) is 6.81. The summed E-state index contributed by atoms with van der Waals surface area (Å²) in [5.41, 5.74) is 6.71. The van der Waals surface area contributed by atoms with Gasteiger partial charge < -0.3 is 10.1 Å². The van der Waals surface area contributed by atoms with Crippen molar-refractivity contribution in [1.29, 1.82) is 0 Å². The number of esters is 1. The number of rotatable bonds is 5. The van der Waals surface area contributed by atoms with Crippen LogP contribution in [0.1, 0.15) is 50.0 Å². The number of carbonyl (C=O) groups is 4. The van der Waals surface area contributed by atoms with E-state index in [1.807, 2.05) is 49.4 Å². The molecule has 3 amide bonds. The summed E-state index contributed by atoms with van der Waals surface area (Å²) in [6.45, 7) is 1.48. The lowest BCUT2D eigenvalue weighted by Gasteiger charge is -2.45. The molecule has 7 heteroatoms. The van der Waals surface area contributed by atoms with E-state index in [1.165, 1.54) is 17.0 Å².